The monoisotopic (exact) mass is 368 g/mol. The van der Waals surface area contributed by atoms with E-state index in [2.05, 4.69) is 15.6 Å². The van der Waals surface area contributed by atoms with Crippen LogP contribution in [-0.2, 0) is 24.3 Å². The minimum atomic E-state index is -0.132. The van der Waals surface area contributed by atoms with Gasteiger partial charge in [-0.15, -0.1) is 5.10 Å². The Hall–Kier alpha value is -2.90. The number of aryl methyl sites for hydroxylation is 1. The number of fused-ring (bicyclic) bond motifs is 1. The van der Waals surface area contributed by atoms with Gasteiger partial charge >= 0.3 is 6.03 Å². The van der Waals surface area contributed by atoms with E-state index in [4.69, 9.17) is 0 Å². The Morgan fingerprint density at radius 3 is 2.56 bits per heavy atom. The number of carbonyl (C=O) groups is 2. The third kappa shape index (κ3) is 3.94. The maximum Gasteiger partial charge on any atom is 0.322 e. The van der Waals surface area contributed by atoms with E-state index in [9.17, 15) is 9.59 Å². The number of aromatic nitrogens is 3. The summed E-state index contributed by atoms with van der Waals surface area (Å²) >= 11 is 0. The second-order valence-corrected chi connectivity index (χ2v) is 7.01. The van der Waals surface area contributed by atoms with Crippen molar-refractivity contribution in [3.8, 4) is 0 Å². The zero-order valence-electron chi connectivity index (χ0n) is 15.3. The largest absolute Gasteiger partial charge is 0.343 e. The predicted molar refractivity (Wildman–Crippen MR) is 100 cm³/mol. The molecule has 1 aromatic carbocycles. The fraction of sp³-hybridized carbons (Fsp3) is 0.474. The van der Waals surface area contributed by atoms with Gasteiger partial charge in [0.1, 0.15) is 0 Å². The number of anilines is 1. The zero-order valence-corrected chi connectivity index (χ0v) is 15.3. The Morgan fingerprint density at radius 2 is 1.78 bits per heavy atom. The average Bonchev–Trinajstić information content (AvgIpc) is 3.36. The maximum atomic E-state index is 12.6. The Morgan fingerprint density at radius 1 is 1.00 bits per heavy atom. The summed E-state index contributed by atoms with van der Waals surface area (Å²) < 4.78 is 1.85. The highest BCUT2D eigenvalue weighted by Crippen LogP contribution is 2.18. The van der Waals surface area contributed by atoms with E-state index >= 15 is 0 Å². The van der Waals surface area contributed by atoms with Crippen molar-refractivity contribution in [2.24, 2.45) is 0 Å². The van der Waals surface area contributed by atoms with Crippen LogP contribution in [0.2, 0.25) is 0 Å². The summed E-state index contributed by atoms with van der Waals surface area (Å²) in [6.45, 7) is 3.39. The molecule has 1 saturated heterocycles. The molecule has 0 saturated carbocycles. The fourth-order valence-corrected chi connectivity index (χ4v) is 3.64. The first-order valence-electron chi connectivity index (χ1n) is 9.51. The number of nitrogens with zero attached hydrogens (tertiary/aromatic N) is 5. The van der Waals surface area contributed by atoms with Crippen LogP contribution in [0.15, 0.2) is 30.3 Å². The number of rotatable bonds is 4. The second kappa shape index (κ2) is 7.77. The normalized spacial score (nSPS) is 16.3. The maximum absolute atomic E-state index is 12.6. The molecule has 8 heteroatoms. The molecule has 0 unspecified atom stereocenters. The van der Waals surface area contributed by atoms with Gasteiger partial charge in [-0.05, 0) is 25.0 Å². The molecule has 27 heavy (non-hydrogen) atoms. The van der Waals surface area contributed by atoms with Crippen molar-refractivity contribution in [2.75, 3.05) is 25.0 Å². The van der Waals surface area contributed by atoms with Crippen LogP contribution in [0.4, 0.5) is 10.5 Å². The van der Waals surface area contributed by atoms with Gasteiger partial charge in [-0.25, -0.2) is 9.48 Å². The number of hydrogen-bond acceptors (Lipinski definition) is 4. The van der Waals surface area contributed by atoms with Gasteiger partial charge in [0.2, 0.25) is 5.91 Å². The Balaban J connectivity index is 1.37. The molecule has 2 aromatic rings. The molecule has 3 heterocycles. The average molecular weight is 368 g/mol. The smallest absolute Gasteiger partial charge is 0.322 e. The van der Waals surface area contributed by atoms with Gasteiger partial charge in [-0.3, -0.25) is 4.79 Å². The third-order valence-corrected chi connectivity index (χ3v) is 5.19. The number of amides is 3. The molecule has 142 valence electrons. The molecule has 1 aromatic heterocycles. The van der Waals surface area contributed by atoms with Crippen LogP contribution in [0.25, 0.3) is 0 Å². The van der Waals surface area contributed by atoms with Gasteiger partial charge in [-0.2, -0.15) is 0 Å². The molecule has 8 nitrogen and oxygen atoms in total. The third-order valence-electron chi connectivity index (χ3n) is 5.19. The van der Waals surface area contributed by atoms with Crippen molar-refractivity contribution in [3.05, 3.63) is 41.7 Å². The lowest BCUT2D eigenvalue weighted by Crippen LogP contribution is -2.41. The SMILES string of the molecule is O=C(CCc1nnn2c1CN(C(=O)Nc1ccccc1)CC2)N1CCCC1. The van der Waals surface area contributed by atoms with Crippen molar-refractivity contribution >= 4 is 17.6 Å². The van der Waals surface area contributed by atoms with Crippen LogP contribution in [0.1, 0.15) is 30.7 Å². The number of para-hydroxylation sites is 1. The standard InChI is InChI=1S/C19H24N6O2/c26-18(23-10-4-5-11-23)9-8-16-17-14-24(12-13-25(17)22-21-16)19(27)20-15-6-2-1-3-7-15/h1-3,6-7H,4-5,8-14H2,(H,20,27). The molecule has 0 aliphatic carbocycles. The van der Waals surface area contributed by atoms with E-state index in [0.717, 1.165) is 43.0 Å². The molecule has 2 aliphatic heterocycles. The lowest BCUT2D eigenvalue weighted by atomic mass is 10.1. The van der Waals surface area contributed by atoms with Crippen LogP contribution in [0, 0.1) is 0 Å². The van der Waals surface area contributed by atoms with E-state index in [1.165, 1.54) is 0 Å². The molecule has 0 bridgehead atoms. The van der Waals surface area contributed by atoms with E-state index < -0.39 is 0 Å². The van der Waals surface area contributed by atoms with Crippen LogP contribution in [-0.4, -0.2) is 56.4 Å². The number of nitrogens with one attached hydrogen (secondary N) is 1. The van der Waals surface area contributed by atoms with Gasteiger partial charge in [0.05, 0.1) is 24.5 Å². The minimum absolute atomic E-state index is 0.132. The zero-order chi connectivity index (χ0) is 18.6. The summed E-state index contributed by atoms with van der Waals surface area (Å²) in [4.78, 5) is 28.5. The van der Waals surface area contributed by atoms with Crippen molar-refractivity contribution in [2.45, 2.75) is 38.8 Å². The molecular weight excluding hydrogens is 344 g/mol. The Kier molecular flexibility index (Phi) is 5.04. The topological polar surface area (TPSA) is 83.4 Å². The van der Waals surface area contributed by atoms with Gasteiger partial charge in [0.25, 0.3) is 0 Å². The summed E-state index contributed by atoms with van der Waals surface area (Å²) in [7, 11) is 0. The van der Waals surface area contributed by atoms with Gasteiger partial charge in [0.15, 0.2) is 0 Å². The van der Waals surface area contributed by atoms with E-state index in [-0.39, 0.29) is 11.9 Å². The summed E-state index contributed by atoms with van der Waals surface area (Å²) in [6.07, 6.45) is 3.21. The summed E-state index contributed by atoms with van der Waals surface area (Å²) in [5.74, 6) is 0.184. The van der Waals surface area contributed by atoms with Gasteiger partial charge in [0, 0.05) is 38.2 Å². The van der Waals surface area contributed by atoms with E-state index in [0.29, 0.717) is 32.5 Å². The molecule has 1 fully saturated rings. The first-order chi connectivity index (χ1) is 13.2. The lowest BCUT2D eigenvalue weighted by Gasteiger charge is -2.28. The Bertz CT molecular complexity index is 813. The molecule has 3 amide bonds. The summed E-state index contributed by atoms with van der Waals surface area (Å²) in [5.41, 5.74) is 2.52. The van der Waals surface area contributed by atoms with Crippen molar-refractivity contribution in [1.29, 1.82) is 0 Å². The lowest BCUT2D eigenvalue weighted by molar-refractivity contribution is -0.130. The highest BCUT2D eigenvalue weighted by atomic mass is 16.2. The molecule has 0 spiro atoms. The van der Waals surface area contributed by atoms with Gasteiger partial charge in [-0.1, -0.05) is 23.4 Å². The molecule has 2 aliphatic rings. The predicted octanol–water partition coefficient (Wildman–Crippen LogP) is 1.88. The fourth-order valence-electron chi connectivity index (χ4n) is 3.64. The highest BCUT2D eigenvalue weighted by Gasteiger charge is 2.26. The first-order valence-corrected chi connectivity index (χ1v) is 9.51. The number of benzene rings is 1. The van der Waals surface area contributed by atoms with E-state index in [1.807, 2.05) is 39.9 Å². The molecule has 0 atom stereocenters. The van der Waals surface area contributed by atoms with Crippen LogP contribution in [0.3, 0.4) is 0 Å². The molecule has 4 rings (SSSR count). The second-order valence-electron chi connectivity index (χ2n) is 7.01. The molecular formula is C19H24N6O2. The van der Waals surface area contributed by atoms with Crippen LogP contribution in [0.5, 0.6) is 0 Å². The summed E-state index contributed by atoms with van der Waals surface area (Å²) in [6, 6.07) is 9.29. The quantitative estimate of drug-likeness (QED) is 0.893. The van der Waals surface area contributed by atoms with Crippen molar-refractivity contribution < 1.29 is 9.59 Å². The summed E-state index contributed by atoms with van der Waals surface area (Å²) in [5, 5.41) is 11.4. The number of urea groups is 1. The van der Waals surface area contributed by atoms with E-state index in [1.54, 1.807) is 4.90 Å². The highest BCUT2D eigenvalue weighted by molar-refractivity contribution is 5.89. The number of hydrogen-bond donors (Lipinski definition) is 1. The number of carbonyl (C=O) groups excluding carboxylic acids is 2. The van der Waals surface area contributed by atoms with Crippen LogP contribution < -0.4 is 5.32 Å². The van der Waals surface area contributed by atoms with Crippen molar-refractivity contribution in [3.63, 3.8) is 0 Å². The molecule has 1 N–H and O–H groups in total. The number of likely N-dealkylation sites (tertiary alicyclic amines) is 1. The van der Waals surface area contributed by atoms with Gasteiger partial charge < -0.3 is 15.1 Å². The first kappa shape index (κ1) is 17.5. The Labute approximate surface area is 158 Å². The minimum Gasteiger partial charge on any atom is -0.343 e. The molecule has 0 radical (unpaired) electrons. The van der Waals surface area contributed by atoms with Crippen LogP contribution >= 0.6 is 0 Å². The van der Waals surface area contributed by atoms with Crippen molar-refractivity contribution in [1.82, 2.24) is 24.8 Å².